The first-order chi connectivity index (χ1) is 14.1. The maximum atomic E-state index is 12.0. The van der Waals surface area contributed by atoms with Gasteiger partial charge in [0.25, 0.3) is 5.91 Å². The van der Waals surface area contributed by atoms with E-state index in [2.05, 4.69) is 15.7 Å². The van der Waals surface area contributed by atoms with Crippen molar-refractivity contribution in [2.75, 3.05) is 5.48 Å². The molecule has 0 spiro atoms. The third-order valence-corrected chi connectivity index (χ3v) is 3.87. The van der Waals surface area contributed by atoms with Crippen LogP contribution < -0.4 is 5.48 Å². The van der Waals surface area contributed by atoms with Crippen molar-refractivity contribution in [1.29, 1.82) is 0 Å². The summed E-state index contributed by atoms with van der Waals surface area (Å²) in [7, 11) is 0. The van der Waals surface area contributed by atoms with Crippen LogP contribution in [-0.2, 0) is 9.63 Å². The molecule has 0 aliphatic carbocycles. The lowest BCUT2D eigenvalue weighted by atomic mass is 10.1. The fourth-order valence-corrected chi connectivity index (χ4v) is 2.41. The monoisotopic (exact) mass is 385 g/mol. The van der Waals surface area contributed by atoms with Crippen molar-refractivity contribution in [1.82, 2.24) is 0 Å². The lowest BCUT2D eigenvalue weighted by Gasteiger charge is -2.04. The maximum Gasteiger partial charge on any atom is 0.355 e. The third kappa shape index (κ3) is 6.25. The fourth-order valence-electron chi connectivity index (χ4n) is 2.41. The number of rotatable bonds is 6. The summed E-state index contributed by atoms with van der Waals surface area (Å²) < 4.78 is 0. The Bertz CT molecular complexity index is 1040. The normalized spacial score (nSPS) is 10.9. The van der Waals surface area contributed by atoms with Gasteiger partial charge in [0, 0.05) is 11.6 Å². The first-order valence-corrected chi connectivity index (χ1v) is 8.93. The molecule has 3 rings (SSSR count). The molecule has 6 nitrogen and oxygen atoms in total. The third-order valence-electron chi connectivity index (χ3n) is 3.87. The Morgan fingerprint density at radius 2 is 1.69 bits per heavy atom. The average Bonchev–Trinajstić information content (AvgIpc) is 2.76. The van der Waals surface area contributed by atoms with Crippen LogP contribution in [0.3, 0.4) is 0 Å². The molecular weight excluding hydrogens is 366 g/mol. The highest BCUT2D eigenvalue weighted by Gasteiger charge is 2.04. The Morgan fingerprint density at radius 1 is 0.931 bits per heavy atom. The van der Waals surface area contributed by atoms with E-state index in [0.29, 0.717) is 16.9 Å². The van der Waals surface area contributed by atoms with Crippen molar-refractivity contribution in [2.24, 2.45) is 10.2 Å². The van der Waals surface area contributed by atoms with E-state index in [1.807, 2.05) is 43.3 Å². The highest BCUT2D eigenvalue weighted by Crippen LogP contribution is 2.17. The molecule has 0 fully saturated rings. The number of amides is 1. The number of hydrogen-bond acceptors (Lipinski definition) is 5. The van der Waals surface area contributed by atoms with E-state index in [1.165, 1.54) is 6.08 Å². The van der Waals surface area contributed by atoms with Crippen molar-refractivity contribution in [3.8, 4) is 0 Å². The predicted molar refractivity (Wildman–Crippen MR) is 112 cm³/mol. The average molecular weight is 385 g/mol. The molecule has 0 bridgehead atoms. The van der Waals surface area contributed by atoms with Gasteiger partial charge >= 0.3 is 5.97 Å². The van der Waals surface area contributed by atoms with Crippen LogP contribution in [0.1, 0.15) is 21.5 Å². The van der Waals surface area contributed by atoms with Crippen molar-refractivity contribution < 1.29 is 14.4 Å². The van der Waals surface area contributed by atoms with Gasteiger partial charge < -0.3 is 4.84 Å². The highest BCUT2D eigenvalue weighted by molar-refractivity contribution is 5.94. The van der Waals surface area contributed by atoms with Gasteiger partial charge in [0.1, 0.15) is 0 Å². The summed E-state index contributed by atoms with van der Waals surface area (Å²) in [5.74, 6) is -0.934. The van der Waals surface area contributed by atoms with E-state index in [-0.39, 0.29) is 0 Å². The second kappa shape index (κ2) is 9.75. The van der Waals surface area contributed by atoms with Gasteiger partial charge in [0.05, 0.1) is 11.4 Å². The van der Waals surface area contributed by atoms with Gasteiger partial charge in [-0.2, -0.15) is 0 Å². The molecule has 1 amide bonds. The molecule has 0 aromatic heterocycles. The first-order valence-electron chi connectivity index (χ1n) is 8.93. The number of azo groups is 1. The van der Waals surface area contributed by atoms with E-state index >= 15 is 0 Å². The van der Waals surface area contributed by atoms with Crippen LogP contribution in [0.4, 0.5) is 11.4 Å². The van der Waals surface area contributed by atoms with Gasteiger partial charge in [0.2, 0.25) is 0 Å². The quantitative estimate of drug-likeness (QED) is 0.345. The zero-order chi connectivity index (χ0) is 20.5. The number of aryl methyl sites for hydroxylation is 1. The summed E-state index contributed by atoms with van der Waals surface area (Å²) in [5, 5.41) is 7.67. The lowest BCUT2D eigenvalue weighted by Crippen LogP contribution is -2.07. The molecule has 3 aromatic carbocycles. The zero-order valence-electron chi connectivity index (χ0n) is 15.8. The topological polar surface area (TPSA) is 80.1 Å². The molecule has 0 saturated heterocycles. The molecule has 0 atom stereocenters. The van der Waals surface area contributed by atoms with Crippen LogP contribution in [0.2, 0.25) is 0 Å². The molecule has 144 valence electrons. The molecule has 29 heavy (non-hydrogen) atoms. The van der Waals surface area contributed by atoms with Crippen molar-refractivity contribution >= 4 is 29.3 Å². The lowest BCUT2D eigenvalue weighted by molar-refractivity contribution is -0.134. The molecular formula is C23H19N3O3. The number of carbonyl (C=O) groups is 2. The van der Waals surface area contributed by atoms with Gasteiger partial charge in [-0.05, 0) is 55.0 Å². The Morgan fingerprint density at radius 3 is 2.41 bits per heavy atom. The molecule has 6 heteroatoms. The molecule has 0 aliphatic rings. The maximum absolute atomic E-state index is 12.0. The molecule has 0 radical (unpaired) electrons. The van der Waals surface area contributed by atoms with Gasteiger partial charge in [-0.3, -0.25) is 4.79 Å². The van der Waals surface area contributed by atoms with Crippen LogP contribution in [0.15, 0.2) is 95.2 Å². The predicted octanol–water partition coefficient (Wildman–Crippen LogP) is 5.50. The van der Waals surface area contributed by atoms with Crippen molar-refractivity contribution in [2.45, 2.75) is 6.92 Å². The number of nitrogens with zero attached hydrogens (tertiary/aromatic N) is 2. The van der Waals surface area contributed by atoms with E-state index in [0.717, 1.165) is 11.1 Å². The summed E-state index contributed by atoms with van der Waals surface area (Å²) in [6, 6.07) is 23.2. The minimum absolute atomic E-state index is 0.407. The van der Waals surface area contributed by atoms with E-state index in [9.17, 15) is 9.59 Å². The SMILES string of the molecule is Cc1cccc(C(=O)N=Nc2ccc(NOC(=O)/C=C/c3ccccc3)cc2)c1. The van der Waals surface area contributed by atoms with Crippen LogP contribution in [-0.4, -0.2) is 11.9 Å². The number of hydrogen-bond donors (Lipinski definition) is 1. The molecule has 0 saturated carbocycles. The van der Waals surface area contributed by atoms with Crippen LogP contribution >= 0.6 is 0 Å². The molecule has 1 N–H and O–H groups in total. The van der Waals surface area contributed by atoms with E-state index in [4.69, 9.17) is 4.84 Å². The Hall–Kier alpha value is -4.06. The first kappa shape index (κ1) is 19.7. The zero-order valence-corrected chi connectivity index (χ0v) is 15.8. The van der Waals surface area contributed by atoms with Crippen LogP contribution in [0.5, 0.6) is 0 Å². The summed E-state index contributed by atoms with van der Waals surface area (Å²) >= 11 is 0. The minimum Gasteiger partial charge on any atom is -0.339 e. The van der Waals surface area contributed by atoms with Crippen LogP contribution in [0.25, 0.3) is 6.08 Å². The Balaban J connectivity index is 1.51. The van der Waals surface area contributed by atoms with Gasteiger partial charge in [0.15, 0.2) is 0 Å². The summed E-state index contributed by atoms with van der Waals surface area (Å²) in [6.45, 7) is 1.91. The summed E-state index contributed by atoms with van der Waals surface area (Å²) in [4.78, 5) is 28.8. The minimum atomic E-state index is -0.527. The van der Waals surface area contributed by atoms with Gasteiger partial charge in [-0.25, -0.2) is 10.3 Å². The van der Waals surface area contributed by atoms with Gasteiger partial charge in [-0.1, -0.05) is 48.0 Å². The number of benzene rings is 3. The van der Waals surface area contributed by atoms with E-state index < -0.39 is 11.9 Å². The van der Waals surface area contributed by atoms with Crippen LogP contribution in [0, 0.1) is 6.92 Å². The molecule has 3 aromatic rings. The van der Waals surface area contributed by atoms with Gasteiger partial charge in [-0.15, -0.1) is 10.2 Å². The second-order valence-corrected chi connectivity index (χ2v) is 6.19. The highest BCUT2D eigenvalue weighted by atomic mass is 16.7. The second-order valence-electron chi connectivity index (χ2n) is 6.19. The van der Waals surface area contributed by atoms with E-state index in [1.54, 1.807) is 48.5 Å². The molecule has 0 aliphatic heterocycles. The molecule has 0 unspecified atom stereocenters. The smallest absolute Gasteiger partial charge is 0.339 e. The van der Waals surface area contributed by atoms with Crippen molar-refractivity contribution in [3.63, 3.8) is 0 Å². The largest absolute Gasteiger partial charge is 0.355 e. The Kier molecular flexibility index (Phi) is 6.62. The van der Waals surface area contributed by atoms with Crippen molar-refractivity contribution in [3.05, 3.63) is 102 Å². The number of anilines is 1. The standard InChI is InChI=1S/C23H19N3O3/c1-17-6-5-9-19(16-17)23(28)25-24-20-11-13-21(14-12-20)26-29-22(27)15-10-18-7-3-2-4-8-18/h2-16,26H,1H3/b15-10+,25-24?. The summed E-state index contributed by atoms with van der Waals surface area (Å²) in [5.41, 5.74) is 6.01. The fraction of sp³-hybridized carbons (Fsp3) is 0.0435. The molecule has 0 heterocycles. The number of carbonyl (C=O) groups excluding carboxylic acids is 2. The number of nitrogens with one attached hydrogen (secondary N) is 1. The Labute approximate surface area is 168 Å². The summed E-state index contributed by atoms with van der Waals surface area (Å²) in [6.07, 6.45) is 3.00.